The minimum Gasteiger partial charge on any atom is -0.314 e. The zero-order chi connectivity index (χ0) is 10.5. The van der Waals surface area contributed by atoms with Gasteiger partial charge in [-0.15, -0.1) is 0 Å². The van der Waals surface area contributed by atoms with Crippen LogP contribution < -0.4 is 5.32 Å². The molecule has 2 aliphatic carbocycles. The molecule has 0 bridgehead atoms. The summed E-state index contributed by atoms with van der Waals surface area (Å²) in [6, 6.07) is 0.895. The Balaban J connectivity index is 1.53. The van der Waals surface area contributed by atoms with Gasteiger partial charge < -0.3 is 5.32 Å². The lowest BCUT2D eigenvalue weighted by atomic mass is 9.81. The lowest BCUT2D eigenvalue weighted by Crippen LogP contribution is -2.31. The van der Waals surface area contributed by atoms with Gasteiger partial charge in [-0.1, -0.05) is 13.8 Å². The molecular formula is C13H23NS. The standard InChI is InChI=1S/C13H23NS/c1-12(2)7-13(9-15-8-12)5-10(13)6-14-11-3-4-11/h10-11,14H,3-9H2,1-2H3. The van der Waals surface area contributed by atoms with Crippen molar-refractivity contribution in [1.29, 1.82) is 0 Å². The molecule has 0 amide bonds. The van der Waals surface area contributed by atoms with Crippen molar-refractivity contribution in [2.24, 2.45) is 16.7 Å². The predicted octanol–water partition coefficient (Wildman–Crippen LogP) is 2.91. The third-order valence-electron chi connectivity index (χ3n) is 4.30. The highest BCUT2D eigenvalue weighted by Gasteiger charge is 2.57. The lowest BCUT2D eigenvalue weighted by molar-refractivity contribution is 0.272. The summed E-state index contributed by atoms with van der Waals surface area (Å²) in [5, 5.41) is 3.71. The van der Waals surface area contributed by atoms with Gasteiger partial charge in [-0.05, 0) is 60.5 Å². The van der Waals surface area contributed by atoms with E-state index >= 15 is 0 Å². The number of thioether (sulfide) groups is 1. The molecule has 1 N–H and O–H groups in total. The average molecular weight is 225 g/mol. The molecule has 15 heavy (non-hydrogen) atoms. The topological polar surface area (TPSA) is 12.0 Å². The van der Waals surface area contributed by atoms with Crippen LogP contribution in [0.2, 0.25) is 0 Å². The molecule has 0 radical (unpaired) electrons. The fourth-order valence-corrected chi connectivity index (χ4v) is 4.91. The van der Waals surface area contributed by atoms with Crippen molar-refractivity contribution in [1.82, 2.24) is 5.32 Å². The second kappa shape index (κ2) is 3.40. The zero-order valence-electron chi connectivity index (χ0n) is 10.0. The molecule has 2 atom stereocenters. The van der Waals surface area contributed by atoms with Crippen molar-refractivity contribution < 1.29 is 0 Å². The Bertz CT molecular complexity index is 259. The first kappa shape index (κ1) is 10.5. The Labute approximate surface area is 97.8 Å². The van der Waals surface area contributed by atoms with Crippen LogP contribution in [0.1, 0.15) is 39.5 Å². The van der Waals surface area contributed by atoms with E-state index in [1.807, 2.05) is 0 Å². The molecular weight excluding hydrogens is 202 g/mol. The van der Waals surface area contributed by atoms with Crippen molar-refractivity contribution in [2.45, 2.75) is 45.6 Å². The summed E-state index contributed by atoms with van der Waals surface area (Å²) in [6.07, 6.45) is 5.84. The maximum Gasteiger partial charge on any atom is 0.00683 e. The summed E-state index contributed by atoms with van der Waals surface area (Å²) >= 11 is 2.20. The zero-order valence-corrected chi connectivity index (χ0v) is 10.8. The second-order valence-electron chi connectivity index (χ2n) is 6.78. The van der Waals surface area contributed by atoms with Crippen LogP contribution >= 0.6 is 11.8 Å². The normalized spacial score (nSPS) is 43.2. The molecule has 3 fully saturated rings. The van der Waals surface area contributed by atoms with Crippen molar-refractivity contribution >= 4 is 11.8 Å². The smallest absolute Gasteiger partial charge is 0.00683 e. The highest BCUT2D eigenvalue weighted by molar-refractivity contribution is 7.99. The molecule has 1 saturated heterocycles. The van der Waals surface area contributed by atoms with E-state index in [9.17, 15) is 0 Å². The Morgan fingerprint density at radius 2 is 2.07 bits per heavy atom. The van der Waals surface area contributed by atoms with Crippen LogP contribution in [0.3, 0.4) is 0 Å². The number of hydrogen-bond acceptors (Lipinski definition) is 2. The fraction of sp³-hybridized carbons (Fsp3) is 1.00. The maximum absolute atomic E-state index is 3.71. The van der Waals surface area contributed by atoms with E-state index in [1.165, 1.54) is 43.7 Å². The van der Waals surface area contributed by atoms with Gasteiger partial charge in [-0.2, -0.15) is 11.8 Å². The van der Waals surface area contributed by atoms with Gasteiger partial charge in [0.25, 0.3) is 0 Å². The molecule has 1 nitrogen and oxygen atoms in total. The third-order valence-corrected chi connectivity index (χ3v) is 6.07. The summed E-state index contributed by atoms with van der Waals surface area (Å²) in [6.45, 7) is 6.20. The van der Waals surface area contributed by atoms with Crippen LogP contribution in [0.15, 0.2) is 0 Å². The molecule has 1 aliphatic heterocycles. The van der Waals surface area contributed by atoms with E-state index in [0.29, 0.717) is 5.41 Å². The van der Waals surface area contributed by atoms with Crippen LogP contribution in [0.25, 0.3) is 0 Å². The monoisotopic (exact) mass is 225 g/mol. The highest BCUT2D eigenvalue weighted by atomic mass is 32.2. The van der Waals surface area contributed by atoms with Crippen molar-refractivity contribution in [2.75, 3.05) is 18.1 Å². The molecule has 2 saturated carbocycles. The average Bonchev–Trinajstić information content (AvgIpc) is 2.98. The van der Waals surface area contributed by atoms with Gasteiger partial charge in [0.15, 0.2) is 0 Å². The number of hydrogen-bond donors (Lipinski definition) is 1. The Hall–Kier alpha value is 0.310. The second-order valence-corrected chi connectivity index (χ2v) is 7.77. The van der Waals surface area contributed by atoms with Crippen LogP contribution in [-0.2, 0) is 0 Å². The lowest BCUT2D eigenvalue weighted by Gasteiger charge is -2.36. The van der Waals surface area contributed by atoms with Crippen LogP contribution in [0.4, 0.5) is 0 Å². The summed E-state index contributed by atoms with van der Waals surface area (Å²) in [4.78, 5) is 0. The largest absolute Gasteiger partial charge is 0.314 e. The van der Waals surface area contributed by atoms with Crippen LogP contribution in [0, 0.1) is 16.7 Å². The predicted molar refractivity (Wildman–Crippen MR) is 67.3 cm³/mol. The van der Waals surface area contributed by atoms with E-state index in [-0.39, 0.29) is 0 Å². The molecule has 3 rings (SSSR count). The molecule has 1 spiro atoms. The fourth-order valence-electron chi connectivity index (χ4n) is 3.30. The summed E-state index contributed by atoms with van der Waals surface area (Å²) < 4.78 is 0. The minimum atomic E-state index is 0.594. The van der Waals surface area contributed by atoms with E-state index in [2.05, 4.69) is 30.9 Å². The van der Waals surface area contributed by atoms with Crippen molar-refractivity contribution in [3.05, 3.63) is 0 Å². The van der Waals surface area contributed by atoms with Gasteiger partial charge in [-0.25, -0.2) is 0 Å². The van der Waals surface area contributed by atoms with Gasteiger partial charge >= 0.3 is 0 Å². The van der Waals surface area contributed by atoms with E-state index < -0.39 is 0 Å². The van der Waals surface area contributed by atoms with Crippen molar-refractivity contribution in [3.63, 3.8) is 0 Å². The van der Waals surface area contributed by atoms with Crippen molar-refractivity contribution in [3.8, 4) is 0 Å². The van der Waals surface area contributed by atoms with Crippen LogP contribution in [0.5, 0.6) is 0 Å². The molecule has 2 heteroatoms. The molecule has 0 aromatic heterocycles. The van der Waals surface area contributed by atoms with Gasteiger partial charge in [0, 0.05) is 6.04 Å². The highest BCUT2D eigenvalue weighted by Crippen LogP contribution is 2.63. The Morgan fingerprint density at radius 1 is 1.27 bits per heavy atom. The Morgan fingerprint density at radius 3 is 2.73 bits per heavy atom. The van der Waals surface area contributed by atoms with E-state index in [1.54, 1.807) is 0 Å². The van der Waals surface area contributed by atoms with Gasteiger partial charge in [-0.3, -0.25) is 0 Å². The van der Waals surface area contributed by atoms with Gasteiger partial charge in [0.1, 0.15) is 0 Å². The number of rotatable bonds is 3. The van der Waals surface area contributed by atoms with E-state index in [4.69, 9.17) is 0 Å². The minimum absolute atomic E-state index is 0.594. The maximum atomic E-state index is 3.71. The van der Waals surface area contributed by atoms with Gasteiger partial charge in [0.05, 0.1) is 0 Å². The van der Waals surface area contributed by atoms with Gasteiger partial charge in [0.2, 0.25) is 0 Å². The molecule has 1 heterocycles. The molecule has 2 unspecified atom stereocenters. The SMILES string of the molecule is CC1(C)CSCC2(CC2CNC2CC2)C1. The molecule has 86 valence electrons. The first-order valence-corrected chi connectivity index (χ1v) is 7.56. The molecule has 0 aromatic carbocycles. The first-order valence-electron chi connectivity index (χ1n) is 6.41. The van der Waals surface area contributed by atoms with E-state index in [0.717, 1.165) is 17.4 Å². The summed E-state index contributed by atoms with van der Waals surface area (Å²) in [5.41, 5.74) is 1.34. The molecule has 3 aliphatic rings. The quantitative estimate of drug-likeness (QED) is 0.792. The summed E-state index contributed by atoms with van der Waals surface area (Å²) in [7, 11) is 0. The summed E-state index contributed by atoms with van der Waals surface area (Å²) in [5.74, 6) is 3.82. The number of nitrogens with one attached hydrogen (secondary N) is 1. The van der Waals surface area contributed by atoms with Crippen LogP contribution in [-0.4, -0.2) is 24.1 Å². The Kier molecular flexibility index (Phi) is 2.37. The first-order chi connectivity index (χ1) is 7.10. The molecule has 0 aromatic rings. The third kappa shape index (κ3) is 2.21.